The zero-order chi connectivity index (χ0) is 14.9. The Bertz CT molecular complexity index is 753. The number of para-hydroxylation sites is 1. The van der Waals surface area contributed by atoms with Crippen molar-refractivity contribution in [2.75, 3.05) is 0 Å². The lowest BCUT2D eigenvalue weighted by Crippen LogP contribution is -2.10. The van der Waals surface area contributed by atoms with E-state index in [0.29, 0.717) is 0 Å². The molecule has 0 aliphatic carbocycles. The first-order chi connectivity index (χ1) is 10.0. The maximum atomic E-state index is 4.43. The first-order valence-corrected chi connectivity index (χ1v) is 7.84. The average Bonchev–Trinajstić information content (AvgIpc) is 2.47. The van der Waals surface area contributed by atoms with Crippen LogP contribution < -0.4 is 0 Å². The van der Waals surface area contributed by atoms with Crippen LogP contribution >= 0.6 is 11.8 Å². The Labute approximate surface area is 129 Å². The largest absolute Gasteiger partial charge is 0.236 e. The van der Waals surface area contributed by atoms with Crippen LogP contribution in [0.1, 0.15) is 26.3 Å². The molecule has 0 atom stereocenters. The van der Waals surface area contributed by atoms with Crippen molar-refractivity contribution in [3.63, 3.8) is 0 Å². The van der Waals surface area contributed by atoms with Gasteiger partial charge in [-0.05, 0) is 29.2 Å². The van der Waals surface area contributed by atoms with Gasteiger partial charge in [0.15, 0.2) is 0 Å². The molecule has 3 rings (SSSR count). The van der Waals surface area contributed by atoms with E-state index in [2.05, 4.69) is 61.1 Å². The number of benzene rings is 2. The molecular formula is C18H18N2S. The standard InChI is InChI=1S/C18H18N2S/c1-18(2,3)13-8-10-14(11-9-13)21-17-15-6-4-5-7-16(15)19-12-20-17/h4-12H,1-3H3. The zero-order valence-electron chi connectivity index (χ0n) is 12.5. The minimum Gasteiger partial charge on any atom is -0.236 e. The molecule has 3 heteroatoms. The third-order valence-corrected chi connectivity index (χ3v) is 4.47. The van der Waals surface area contributed by atoms with E-state index < -0.39 is 0 Å². The first-order valence-electron chi connectivity index (χ1n) is 7.02. The summed E-state index contributed by atoms with van der Waals surface area (Å²) in [5, 5.41) is 2.11. The number of aromatic nitrogens is 2. The van der Waals surface area contributed by atoms with E-state index in [-0.39, 0.29) is 5.41 Å². The third kappa shape index (κ3) is 3.08. The Balaban J connectivity index is 1.92. The van der Waals surface area contributed by atoms with Gasteiger partial charge in [-0.25, -0.2) is 9.97 Å². The molecule has 0 aliphatic rings. The lowest BCUT2D eigenvalue weighted by molar-refractivity contribution is 0.590. The topological polar surface area (TPSA) is 25.8 Å². The number of hydrogen-bond acceptors (Lipinski definition) is 3. The van der Waals surface area contributed by atoms with Gasteiger partial charge < -0.3 is 0 Å². The van der Waals surface area contributed by atoms with Gasteiger partial charge in [-0.15, -0.1) is 0 Å². The lowest BCUT2D eigenvalue weighted by atomic mass is 9.87. The molecule has 0 bridgehead atoms. The molecule has 1 heterocycles. The van der Waals surface area contributed by atoms with Gasteiger partial charge in [0.25, 0.3) is 0 Å². The van der Waals surface area contributed by atoms with Crippen LogP contribution in [0.15, 0.2) is 64.8 Å². The molecule has 2 nitrogen and oxygen atoms in total. The minimum atomic E-state index is 0.185. The van der Waals surface area contributed by atoms with E-state index in [1.54, 1.807) is 18.1 Å². The van der Waals surface area contributed by atoms with Gasteiger partial charge in [-0.1, -0.05) is 62.9 Å². The summed E-state index contributed by atoms with van der Waals surface area (Å²) >= 11 is 1.69. The number of nitrogens with zero attached hydrogens (tertiary/aromatic N) is 2. The van der Waals surface area contributed by atoms with Crippen molar-refractivity contribution in [2.24, 2.45) is 0 Å². The molecule has 0 radical (unpaired) electrons. The molecule has 0 saturated heterocycles. The van der Waals surface area contributed by atoms with Gasteiger partial charge in [0.1, 0.15) is 11.4 Å². The van der Waals surface area contributed by atoms with Crippen molar-refractivity contribution in [2.45, 2.75) is 36.1 Å². The van der Waals surface area contributed by atoms with E-state index in [9.17, 15) is 0 Å². The lowest BCUT2D eigenvalue weighted by Gasteiger charge is -2.19. The minimum absolute atomic E-state index is 0.185. The zero-order valence-corrected chi connectivity index (χ0v) is 13.3. The predicted molar refractivity (Wildman–Crippen MR) is 88.8 cm³/mol. The SMILES string of the molecule is CC(C)(C)c1ccc(Sc2ncnc3ccccc23)cc1. The molecule has 0 spiro atoms. The van der Waals surface area contributed by atoms with E-state index in [1.807, 2.05) is 18.2 Å². The van der Waals surface area contributed by atoms with Crippen LogP contribution in [0.3, 0.4) is 0 Å². The van der Waals surface area contributed by atoms with E-state index in [4.69, 9.17) is 0 Å². The fourth-order valence-electron chi connectivity index (χ4n) is 2.20. The molecule has 1 aromatic heterocycles. The Morgan fingerprint density at radius 3 is 2.29 bits per heavy atom. The van der Waals surface area contributed by atoms with Gasteiger partial charge in [0, 0.05) is 10.3 Å². The van der Waals surface area contributed by atoms with Crippen LogP contribution in [0.2, 0.25) is 0 Å². The van der Waals surface area contributed by atoms with E-state index >= 15 is 0 Å². The van der Waals surface area contributed by atoms with Crippen molar-refractivity contribution in [3.05, 3.63) is 60.4 Å². The highest BCUT2D eigenvalue weighted by Gasteiger charge is 2.13. The number of rotatable bonds is 2. The van der Waals surface area contributed by atoms with Gasteiger partial charge in [-0.3, -0.25) is 0 Å². The Morgan fingerprint density at radius 2 is 1.57 bits per heavy atom. The van der Waals surface area contributed by atoms with Crippen molar-refractivity contribution >= 4 is 22.7 Å². The molecule has 0 unspecified atom stereocenters. The molecule has 2 aromatic carbocycles. The van der Waals surface area contributed by atoms with Crippen molar-refractivity contribution < 1.29 is 0 Å². The molecule has 0 saturated carbocycles. The van der Waals surface area contributed by atoms with Crippen LogP contribution in [0.5, 0.6) is 0 Å². The van der Waals surface area contributed by atoms with Crippen LogP contribution in [-0.2, 0) is 5.41 Å². The molecule has 21 heavy (non-hydrogen) atoms. The highest BCUT2D eigenvalue weighted by Crippen LogP contribution is 2.32. The highest BCUT2D eigenvalue weighted by atomic mass is 32.2. The van der Waals surface area contributed by atoms with Gasteiger partial charge in [-0.2, -0.15) is 0 Å². The maximum absolute atomic E-state index is 4.43. The smallest absolute Gasteiger partial charge is 0.117 e. The van der Waals surface area contributed by atoms with Gasteiger partial charge in [0.05, 0.1) is 5.52 Å². The second-order valence-electron chi connectivity index (χ2n) is 6.07. The molecule has 0 fully saturated rings. The summed E-state index contributed by atoms with van der Waals surface area (Å²) in [6, 6.07) is 16.9. The summed E-state index contributed by atoms with van der Waals surface area (Å²) in [6.45, 7) is 6.69. The Kier molecular flexibility index (Phi) is 3.68. The average molecular weight is 294 g/mol. The molecule has 0 N–H and O–H groups in total. The van der Waals surface area contributed by atoms with Gasteiger partial charge >= 0.3 is 0 Å². The Morgan fingerprint density at radius 1 is 0.857 bits per heavy atom. The molecular weight excluding hydrogens is 276 g/mol. The van der Waals surface area contributed by atoms with Gasteiger partial charge in [0.2, 0.25) is 0 Å². The molecule has 3 aromatic rings. The summed E-state index contributed by atoms with van der Waals surface area (Å²) in [6.07, 6.45) is 1.63. The summed E-state index contributed by atoms with van der Waals surface area (Å²) in [5.74, 6) is 0. The van der Waals surface area contributed by atoms with Crippen LogP contribution in [-0.4, -0.2) is 9.97 Å². The Hall–Kier alpha value is -1.87. The monoisotopic (exact) mass is 294 g/mol. The molecule has 0 aliphatic heterocycles. The second kappa shape index (κ2) is 5.49. The molecule has 106 valence electrons. The normalized spacial score (nSPS) is 11.8. The number of hydrogen-bond donors (Lipinski definition) is 0. The summed E-state index contributed by atoms with van der Waals surface area (Å²) in [7, 11) is 0. The summed E-state index contributed by atoms with van der Waals surface area (Å²) in [4.78, 5) is 9.93. The summed E-state index contributed by atoms with van der Waals surface area (Å²) in [5.41, 5.74) is 2.52. The maximum Gasteiger partial charge on any atom is 0.117 e. The predicted octanol–water partition coefficient (Wildman–Crippen LogP) is 5.08. The first kappa shape index (κ1) is 14.1. The number of fused-ring (bicyclic) bond motifs is 1. The van der Waals surface area contributed by atoms with Crippen LogP contribution in [0, 0.1) is 0 Å². The third-order valence-electron chi connectivity index (χ3n) is 3.44. The quantitative estimate of drug-likeness (QED) is 0.616. The second-order valence-corrected chi connectivity index (χ2v) is 7.13. The highest BCUT2D eigenvalue weighted by molar-refractivity contribution is 7.99. The fraction of sp³-hybridized carbons (Fsp3) is 0.222. The van der Waals surface area contributed by atoms with E-state index in [1.165, 1.54) is 10.5 Å². The fourth-order valence-corrected chi connectivity index (χ4v) is 3.07. The van der Waals surface area contributed by atoms with Crippen molar-refractivity contribution in [3.8, 4) is 0 Å². The summed E-state index contributed by atoms with van der Waals surface area (Å²) < 4.78 is 0. The van der Waals surface area contributed by atoms with Crippen molar-refractivity contribution in [1.29, 1.82) is 0 Å². The van der Waals surface area contributed by atoms with E-state index in [0.717, 1.165) is 15.9 Å². The van der Waals surface area contributed by atoms with Crippen LogP contribution in [0.4, 0.5) is 0 Å². The molecule has 0 amide bonds. The van der Waals surface area contributed by atoms with Crippen LogP contribution in [0.25, 0.3) is 10.9 Å². The van der Waals surface area contributed by atoms with Crippen molar-refractivity contribution in [1.82, 2.24) is 9.97 Å².